The van der Waals surface area contributed by atoms with Crippen molar-refractivity contribution < 1.29 is 22.8 Å². The van der Waals surface area contributed by atoms with Gasteiger partial charge in [0, 0.05) is 18.2 Å². The molecule has 1 heterocycles. The Hall–Kier alpha value is -3.48. The van der Waals surface area contributed by atoms with Crippen molar-refractivity contribution in [1.82, 2.24) is 9.80 Å². The number of nitrogens with zero attached hydrogens (tertiary/aromatic N) is 2. The molecular formula is C24H22F2N2O3. The molecule has 1 aliphatic carbocycles. The summed E-state index contributed by atoms with van der Waals surface area (Å²) in [5.74, 6) is -0.705. The molecule has 2 amide bonds. The number of hydrogen-bond donors (Lipinski definition) is 0. The number of hydrogen-bond acceptors (Lipinski definition) is 3. The molecule has 2 aromatic carbocycles. The summed E-state index contributed by atoms with van der Waals surface area (Å²) in [6, 6.07) is 14.8. The van der Waals surface area contributed by atoms with Crippen molar-refractivity contribution in [2.45, 2.75) is 32.0 Å². The molecular weight excluding hydrogens is 402 g/mol. The van der Waals surface area contributed by atoms with Crippen LogP contribution >= 0.6 is 0 Å². The molecule has 7 heteroatoms. The topological polar surface area (TPSA) is 53.8 Å². The summed E-state index contributed by atoms with van der Waals surface area (Å²) in [5, 5.41) is 0. The second-order valence-electron chi connectivity index (χ2n) is 7.63. The van der Waals surface area contributed by atoms with E-state index in [2.05, 4.69) is 0 Å². The second-order valence-corrected chi connectivity index (χ2v) is 7.63. The molecule has 31 heavy (non-hydrogen) atoms. The minimum absolute atomic E-state index is 0.00205. The number of carbonyl (C=O) groups is 2. The lowest BCUT2D eigenvalue weighted by Gasteiger charge is -2.27. The lowest BCUT2D eigenvalue weighted by atomic mass is 10.1. The van der Waals surface area contributed by atoms with Gasteiger partial charge in [0.1, 0.15) is 23.9 Å². The van der Waals surface area contributed by atoms with Crippen LogP contribution in [0.4, 0.5) is 8.78 Å². The first-order valence-corrected chi connectivity index (χ1v) is 10.1. The normalized spacial score (nSPS) is 13.1. The highest BCUT2D eigenvalue weighted by atomic mass is 19.1. The van der Waals surface area contributed by atoms with Crippen LogP contribution in [0, 0.1) is 11.6 Å². The summed E-state index contributed by atoms with van der Waals surface area (Å²) >= 11 is 0. The first-order chi connectivity index (χ1) is 15.0. The van der Waals surface area contributed by atoms with E-state index in [0.717, 1.165) is 18.4 Å². The van der Waals surface area contributed by atoms with Gasteiger partial charge in [-0.15, -0.1) is 0 Å². The van der Waals surface area contributed by atoms with E-state index in [4.69, 9.17) is 4.42 Å². The predicted molar refractivity (Wildman–Crippen MR) is 110 cm³/mol. The van der Waals surface area contributed by atoms with Gasteiger partial charge in [-0.25, -0.2) is 8.78 Å². The Morgan fingerprint density at radius 3 is 2.13 bits per heavy atom. The molecule has 0 radical (unpaired) electrons. The van der Waals surface area contributed by atoms with Gasteiger partial charge in [0.2, 0.25) is 5.91 Å². The van der Waals surface area contributed by atoms with E-state index in [1.807, 2.05) is 0 Å². The zero-order chi connectivity index (χ0) is 21.8. The molecule has 1 aliphatic rings. The fourth-order valence-electron chi connectivity index (χ4n) is 3.39. The SMILES string of the molecule is O=C(CN(C(=O)c1ccc(F)cc1)C1CC1)N(Cc1ccc(F)cc1)Cc1ccco1. The van der Waals surface area contributed by atoms with E-state index >= 15 is 0 Å². The van der Waals surface area contributed by atoms with E-state index in [1.54, 1.807) is 34.1 Å². The molecule has 0 bridgehead atoms. The minimum atomic E-state index is -0.422. The third-order valence-electron chi connectivity index (χ3n) is 5.21. The van der Waals surface area contributed by atoms with Crippen LogP contribution in [0.2, 0.25) is 0 Å². The average molecular weight is 424 g/mol. The molecule has 0 saturated heterocycles. The molecule has 0 unspecified atom stereocenters. The number of benzene rings is 2. The Labute approximate surface area is 178 Å². The maximum absolute atomic E-state index is 13.3. The smallest absolute Gasteiger partial charge is 0.254 e. The van der Waals surface area contributed by atoms with Crippen LogP contribution in [0.3, 0.4) is 0 Å². The van der Waals surface area contributed by atoms with E-state index in [-0.39, 0.29) is 43.3 Å². The zero-order valence-corrected chi connectivity index (χ0v) is 16.8. The quantitative estimate of drug-likeness (QED) is 0.539. The summed E-state index contributed by atoms with van der Waals surface area (Å²) in [6.45, 7) is 0.387. The average Bonchev–Trinajstić information content (AvgIpc) is 3.48. The van der Waals surface area contributed by atoms with Crippen molar-refractivity contribution >= 4 is 11.8 Å². The van der Waals surface area contributed by atoms with Crippen LogP contribution in [-0.2, 0) is 17.9 Å². The molecule has 160 valence electrons. The van der Waals surface area contributed by atoms with Crippen molar-refractivity contribution in [3.8, 4) is 0 Å². The number of furan rings is 1. The monoisotopic (exact) mass is 424 g/mol. The Balaban J connectivity index is 1.52. The summed E-state index contributed by atoms with van der Waals surface area (Å²) in [6.07, 6.45) is 3.19. The van der Waals surface area contributed by atoms with Crippen molar-refractivity contribution in [3.05, 3.63) is 95.4 Å². The zero-order valence-electron chi connectivity index (χ0n) is 16.8. The number of halogens is 2. The Kier molecular flexibility index (Phi) is 6.11. The molecule has 0 N–H and O–H groups in total. The van der Waals surface area contributed by atoms with Gasteiger partial charge in [-0.05, 0) is 66.9 Å². The molecule has 0 atom stereocenters. The van der Waals surface area contributed by atoms with E-state index in [1.165, 1.54) is 42.7 Å². The lowest BCUT2D eigenvalue weighted by molar-refractivity contribution is -0.133. The maximum Gasteiger partial charge on any atom is 0.254 e. The van der Waals surface area contributed by atoms with Gasteiger partial charge >= 0.3 is 0 Å². The van der Waals surface area contributed by atoms with Crippen LogP contribution in [0.1, 0.15) is 34.5 Å². The van der Waals surface area contributed by atoms with Gasteiger partial charge in [-0.1, -0.05) is 12.1 Å². The molecule has 1 fully saturated rings. The van der Waals surface area contributed by atoms with Crippen LogP contribution in [0.25, 0.3) is 0 Å². The third kappa shape index (κ3) is 5.36. The van der Waals surface area contributed by atoms with Gasteiger partial charge in [0.25, 0.3) is 5.91 Å². The second kappa shape index (κ2) is 9.12. The van der Waals surface area contributed by atoms with E-state index in [0.29, 0.717) is 11.3 Å². The number of rotatable bonds is 8. The van der Waals surface area contributed by atoms with Crippen molar-refractivity contribution in [1.29, 1.82) is 0 Å². The summed E-state index contributed by atoms with van der Waals surface area (Å²) in [5.41, 5.74) is 1.11. The molecule has 5 nitrogen and oxygen atoms in total. The van der Waals surface area contributed by atoms with Gasteiger partial charge in [0.05, 0.1) is 12.8 Å². The van der Waals surface area contributed by atoms with Gasteiger partial charge in [-0.2, -0.15) is 0 Å². The summed E-state index contributed by atoms with van der Waals surface area (Å²) in [4.78, 5) is 29.3. The van der Waals surface area contributed by atoms with Crippen LogP contribution in [-0.4, -0.2) is 34.2 Å². The van der Waals surface area contributed by atoms with E-state index < -0.39 is 5.82 Å². The van der Waals surface area contributed by atoms with Crippen molar-refractivity contribution in [2.75, 3.05) is 6.54 Å². The Bertz CT molecular complexity index is 1030. The minimum Gasteiger partial charge on any atom is -0.467 e. The van der Waals surface area contributed by atoms with Gasteiger partial charge in [-0.3, -0.25) is 9.59 Å². The largest absolute Gasteiger partial charge is 0.467 e. The molecule has 4 rings (SSSR count). The lowest BCUT2D eigenvalue weighted by Crippen LogP contribution is -2.43. The first kappa shape index (κ1) is 20.8. The van der Waals surface area contributed by atoms with Crippen LogP contribution in [0.5, 0.6) is 0 Å². The molecule has 0 aliphatic heterocycles. The Morgan fingerprint density at radius 2 is 1.55 bits per heavy atom. The van der Waals surface area contributed by atoms with Crippen molar-refractivity contribution in [2.24, 2.45) is 0 Å². The number of carbonyl (C=O) groups excluding carboxylic acids is 2. The number of amides is 2. The molecule has 0 spiro atoms. The highest BCUT2D eigenvalue weighted by Crippen LogP contribution is 2.28. The van der Waals surface area contributed by atoms with Crippen LogP contribution in [0.15, 0.2) is 71.3 Å². The molecule has 1 saturated carbocycles. The highest BCUT2D eigenvalue weighted by Gasteiger charge is 2.35. The summed E-state index contributed by atoms with van der Waals surface area (Å²) in [7, 11) is 0. The van der Waals surface area contributed by atoms with E-state index in [9.17, 15) is 18.4 Å². The maximum atomic E-state index is 13.3. The fraction of sp³-hybridized carbons (Fsp3) is 0.250. The van der Waals surface area contributed by atoms with Crippen LogP contribution < -0.4 is 0 Å². The van der Waals surface area contributed by atoms with Crippen molar-refractivity contribution in [3.63, 3.8) is 0 Å². The Morgan fingerprint density at radius 1 is 0.903 bits per heavy atom. The van der Waals surface area contributed by atoms with Gasteiger partial charge in [0.15, 0.2) is 0 Å². The summed E-state index contributed by atoms with van der Waals surface area (Å²) < 4.78 is 31.9. The first-order valence-electron chi connectivity index (χ1n) is 10.1. The molecule has 1 aromatic heterocycles. The highest BCUT2D eigenvalue weighted by molar-refractivity contribution is 5.97. The predicted octanol–water partition coefficient (Wildman–Crippen LogP) is 4.39. The van der Waals surface area contributed by atoms with Gasteiger partial charge < -0.3 is 14.2 Å². The standard InChI is InChI=1S/C24H22F2N2O3/c25-19-7-3-17(4-8-19)14-27(15-22-2-1-13-31-22)23(29)16-28(21-11-12-21)24(30)18-5-9-20(26)10-6-18/h1-10,13,21H,11-12,14-16H2. The fourth-order valence-corrected chi connectivity index (χ4v) is 3.39. The third-order valence-corrected chi connectivity index (χ3v) is 5.21. The molecule has 3 aromatic rings.